The molecular formula is C13H20ClNO3S. The maximum atomic E-state index is 11.1. The van der Waals surface area contributed by atoms with Gasteiger partial charge in [-0.15, -0.1) is 0 Å². The van der Waals surface area contributed by atoms with Crippen LogP contribution in [0.3, 0.4) is 0 Å². The Morgan fingerprint density at radius 2 is 2.11 bits per heavy atom. The molecule has 1 aromatic carbocycles. The monoisotopic (exact) mass is 305 g/mol. The van der Waals surface area contributed by atoms with Crippen LogP contribution in [0.5, 0.6) is 5.75 Å². The summed E-state index contributed by atoms with van der Waals surface area (Å²) in [6.45, 7) is 0. The lowest BCUT2D eigenvalue weighted by Crippen LogP contribution is -2.18. The van der Waals surface area contributed by atoms with Crippen molar-refractivity contribution in [1.82, 2.24) is 5.32 Å². The summed E-state index contributed by atoms with van der Waals surface area (Å²) in [4.78, 5) is 0. The number of benzene rings is 1. The second-order valence-electron chi connectivity index (χ2n) is 4.50. The SMILES string of the molecule is CNC(CCCS(C)(=O)=O)c1ccc(Cl)cc1OC. The van der Waals surface area contributed by atoms with Gasteiger partial charge in [0.05, 0.1) is 7.11 Å². The van der Waals surface area contributed by atoms with Gasteiger partial charge in [0.25, 0.3) is 0 Å². The highest BCUT2D eigenvalue weighted by atomic mass is 35.5. The molecular weight excluding hydrogens is 286 g/mol. The molecule has 1 N–H and O–H groups in total. The topological polar surface area (TPSA) is 55.4 Å². The predicted molar refractivity (Wildman–Crippen MR) is 78.7 cm³/mol. The van der Waals surface area contributed by atoms with Gasteiger partial charge >= 0.3 is 0 Å². The van der Waals surface area contributed by atoms with Crippen LogP contribution in [-0.2, 0) is 9.84 Å². The normalized spacial score (nSPS) is 13.3. The van der Waals surface area contributed by atoms with Crippen molar-refractivity contribution in [3.05, 3.63) is 28.8 Å². The Bertz CT molecular complexity index is 517. The Morgan fingerprint density at radius 3 is 2.63 bits per heavy atom. The molecule has 0 fully saturated rings. The quantitative estimate of drug-likeness (QED) is 0.840. The van der Waals surface area contributed by atoms with Crippen LogP contribution in [0.25, 0.3) is 0 Å². The first kappa shape index (κ1) is 16.3. The fourth-order valence-electron chi connectivity index (χ4n) is 1.98. The molecule has 1 rings (SSSR count). The van der Waals surface area contributed by atoms with E-state index in [0.717, 1.165) is 12.0 Å². The standard InChI is InChI=1S/C13H20ClNO3S/c1-15-12(5-4-8-19(3,16)17)11-7-6-10(14)9-13(11)18-2/h6-7,9,12,15H,4-5,8H2,1-3H3. The summed E-state index contributed by atoms with van der Waals surface area (Å²) in [5, 5.41) is 3.80. The lowest BCUT2D eigenvalue weighted by molar-refractivity contribution is 0.398. The minimum Gasteiger partial charge on any atom is -0.496 e. The summed E-state index contributed by atoms with van der Waals surface area (Å²) in [5.74, 6) is 0.910. The smallest absolute Gasteiger partial charge is 0.147 e. The summed E-state index contributed by atoms with van der Waals surface area (Å²) < 4.78 is 27.6. The molecule has 0 heterocycles. The second kappa shape index (κ2) is 7.12. The average Bonchev–Trinajstić information content (AvgIpc) is 2.34. The predicted octanol–water partition coefficient (Wildman–Crippen LogP) is 2.43. The number of nitrogens with one attached hydrogen (secondary N) is 1. The molecule has 0 spiro atoms. The van der Waals surface area contributed by atoms with E-state index in [1.807, 2.05) is 13.1 Å². The molecule has 108 valence electrons. The Hall–Kier alpha value is -0.780. The summed E-state index contributed by atoms with van der Waals surface area (Å²) in [6, 6.07) is 5.52. The van der Waals surface area contributed by atoms with E-state index in [1.54, 1.807) is 19.2 Å². The van der Waals surface area contributed by atoms with Gasteiger partial charge in [-0.05, 0) is 32.0 Å². The third-order valence-corrected chi connectivity index (χ3v) is 4.19. The molecule has 1 unspecified atom stereocenters. The van der Waals surface area contributed by atoms with Gasteiger partial charge in [0.1, 0.15) is 15.6 Å². The van der Waals surface area contributed by atoms with Crippen LogP contribution in [0.1, 0.15) is 24.4 Å². The Morgan fingerprint density at radius 1 is 1.42 bits per heavy atom. The van der Waals surface area contributed by atoms with Crippen molar-refractivity contribution in [1.29, 1.82) is 0 Å². The van der Waals surface area contributed by atoms with Gasteiger partial charge in [-0.1, -0.05) is 17.7 Å². The number of ether oxygens (including phenoxy) is 1. The number of hydrogen-bond donors (Lipinski definition) is 1. The van der Waals surface area contributed by atoms with E-state index in [4.69, 9.17) is 16.3 Å². The van der Waals surface area contributed by atoms with Gasteiger partial charge in [-0.3, -0.25) is 0 Å². The molecule has 6 heteroatoms. The highest BCUT2D eigenvalue weighted by Gasteiger charge is 2.15. The highest BCUT2D eigenvalue weighted by Crippen LogP contribution is 2.30. The first-order valence-electron chi connectivity index (χ1n) is 6.06. The average molecular weight is 306 g/mol. The minimum absolute atomic E-state index is 0.0500. The van der Waals surface area contributed by atoms with Crippen LogP contribution < -0.4 is 10.1 Å². The Labute approximate surface area is 120 Å². The van der Waals surface area contributed by atoms with Gasteiger partial charge in [0.15, 0.2) is 0 Å². The van der Waals surface area contributed by atoms with Crippen molar-refractivity contribution in [2.24, 2.45) is 0 Å². The van der Waals surface area contributed by atoms with E-state index in [1.165, 1.54) is 6.26 Å². The summed E-state index contributed by atoms with van der Waals surface area (Å²) in [7, 11) is 0.529. The van der Waals surface area contributed by atoms with Crippen molar-refractivity contribution in [2.45, 2.75) is 18.9 Å². The Kier molecular flexibility index (Phi) is 6.10. The molecule has 0 aliphatic heterocycles. The molecule has 1 aromatic rings. The van der Waals surface area contributed by atoms with Crippen molar-refractivity contribution >= 4 is 21.4 Å². The van der Waals surface area contributed by atoms with Gasteiger partial charge in [-0.2, -0.15) is 0 Å². The van der Waals surface area contributed by atoms with Gasteiger partial charge in [0, 0.05) is 28.6 Å². The number of sulfone groups is 1. The van der Waals surface area contributed by atoms with Crippen LogP contribution in [0.15, 0.2) is 18.2 Å². The number of hydrogen-bond acceptors (Lipinski definition) is 4. The van der Waals surface area contributed by atoms with Gasteiger partial charge in [-0.25, -0.2) is 8.42 Å². The molecule has 0 saturated heterocycles. The van der Waals surface area contributed by atoms with Crippen LogP contribution in [-0.4, -0.2) is 34.6 Å². The third-order valence-electron chi connectivity index (χ3n) is 2.93. The molecule has 19 heavy (non-hydrogen) atoms. The summed E-state index contributed by atoms with van der Waals surface area (Å²) >= 11 is 5.93. The van der Waals surface area contributed by atoms with E-state index in [2.05, 4.69) is 5.32 Å². The summed E-state index contributed by atoms with van der Waals surface area (Å²) in [6.07, 6.45) is 2.59. The first-order chi connectivity index (χ1) is 8.87. The molecule has 0 radical (unpaired) electrons. The zero-order valence-corrected chi connectivity index (χ0v) is 13.0. The fraction of sp³-hybridized carbons (Fsp3) is 0.538. The maximum absolute atomic E-state index is 11.1. The molecule has 0 aliphatic rings. The molecule has 0 amide bonds. The van der Waals surface area contributed by atoms with Crippen LogP contribution in [0.4, 0.5) is 0 Å². The lowest BCUT2D eigenvalue weighted by Gasteiger charge is -2.19. The van der Waals surface area contributed by atoms with Crippen molar-refractivity contribution < 1.29 is 13.2 Å². The zero-order valence-electron chi connectivity index (χ0n) is 11.4. The molecule has 0 saturated carbocycles. The maximum Gasteiger partial charge on any atom is 0.147 e. The third kappa shape index (κ3) is 5.38. The van der Waals surface area contributed by atoms with Crippen LogP contribution in [0, 0.1) is 0 Å². The number of methoxy groups -OCH3 is 1. The van der Waals surface area contributed by atoms with E-state index >= 15 is 0 Å². The van der Waals surface area contributed by atoms with E-state index < -0.39 is 9.84 Å². The lowest BCUT2D eigenvalue weighted by atomic mass is 10.0. The van der Waals surface area contributed by atoms with Crippen LogP contribution in [0.2, 0.25) is 5.02 Å². The molecule has 0 aliphatic carbocycles. The number of halogens is 1. The van der Waals surface area contributed by atoms with E-state index in [0.29, 0.717) is 17.2 Å². The number of rotatable bonds is 7. The zero-order chi connectivity index (χ0) is 14.5. The van der Waals surface area contributed by atoms with E-state index in [-0.39, 0.29) is 11.8 Å². The van der Waals surface area contributed by atoms with Crippen molar-refractivity contribution in [2.75, 3.05) is 26.2 Å². The second-order valence-corrected chi connectivity index (χ2v) is 7.20. The Balaban J connectivity index is 2.79. The highest BCUT2D eigenvalue weighted by molar-refractivity contribution is 7.90. The van der Waals surface area contributed by atoms with Crippen LogP contribution >= 0.6 is 11.6 Å². The van der Waals surface area contributed by atoms with Crippen molar-refractivity contribution in [3.63, 3.8) is 0 Å². The van der Waals surface area contributed by atoms with E-state index in [9.17, 15) is 8.42 Å². The fourth-order valence-corrected chi connectivity index (χ4v) is 2.83. The van der Waals surface area contributed by atoms with Gasteiger partial charge < -0.3 is 10.1 Å². The molecule has 0 aromatic heterocycles. The molecule has 4 nitrogen and oxygen atoms in total. The first-order valence-corrected chi connectivity index (χ1v) is 8.49. The largest absolute Gasteiger partial charge is 0.496 e. The van der Waals surface area contributed by atoms with Crippen molar-refractivity contribution in [3.8, 4) is 5.75 Å². The molecule has 0 bridgehead atoms. The minimum atomic E-state index is -2.91. The molecule has 1 atom stereocenters. The van der Waals surface area contributed by atoms with Gasteiger partial charge in [0.2, 0.25) is 0 Å². The summed E-state index contributed by atoms with van der Waals surface area (Å²) in [5.41, 5.74) is 0.989.